The third-order valence-corrected chi connectivity index (χ3v) is 3.98. The van der Waals surface area contributed by atoms with E-state index in [4.69, 9.17) is 9.63 Å². The Morgan fingerprint density at radius 2 is 2.00 bits per heavy atom. The molecule has 0 atom stereocenters. The van der Waals surface area contributed by atoms with E-state index in [0.717, 1.165) is 6.07 Å². The number of amides is 1. The van der Waals surface area contributed by atoms with Gasteiger partial charge in [0.1, 0.15) is 5.56 Å². The summed E-state index contributed by atoms with van der Waals surface area (Å²) < 4.78 is 43.8. The van der Waals surface area contributed by atoms with E-state index in [-0.39, 0.29) is 11.5 Å². The second-order valence-electron chi connectivity index (χ2n) is 5.29. The summed E-state index contributed by atoms with van der Waals surface area (Å²) in [6, 6.07) is 3.85. The maximum atomic E-state index is 12.9. The van der Waals surface area contributed by atoms with Gasteiger partial charge in [0, 0.05) is 24.4 Å². The molecule has 118 valence electrons. The largest absolute Gasteiger partial charge is 0.465 e. The SMILES string of the molecule is O=C(O)N1CCC(c2noc3c(C(F)(F)F)cccc23)CC1. The number of hydrogen-bond donors (Lipinski definition) is 1. The first-order valence-corrected chi connectivity index (χ1v) is 6.81. The topological polar surface area (TPSA) is 66.6 Å². The molecule has 0 unspecified atom stereocenters. The van der Waals surface area contributed by atoms with Crippen molar-refractivity contribution in [1.82, 2.24) is 10.1 Å². The van der Waals surface area contributed by atoms with Gasteiger partial charge in [0.15, 0.2) is 5.58 Å². The lowest BCUT2D eigenvalue weighted by atomic mass is 9.91. The van der Waals surface area contributed by atoms with Crippen LogP contribution in [0.5, 0.6) is 0 Å². The Kier molecular flexibility index (Phi) is 3.46. The molecular weight excluding hydrogens is 301 g/mol. The van der Waals surface area contributed by atoms with E-state index in [0.29, 0.717) is 37.0 Å². The number of alkyl halides is 3. The number of piperidine rings is 1. The molecule has 5 nitrogen and oxygen atoms in total. The highest BCUT2D eigenvalue weighted by atomic mass is 19.4. The minimum absolute atomic E-state index is 0.0969. The number of fused-ring (bicyclic) bond motifs is 1. The van der Waals surface area contributed by atoms with Crippen molar-refractivity contribution < 1.29 is 27.6 Å². The molecule has 22 heavy (non-hydrogen) atoms. The van der Waals surface area contributed by atoms with Crippen LogP contribution in [0.15, 0.2) is 22.7 Å². The number of benzene rings is 1. The summed E-state index contributed by atoms with van der Waals surface area (Å²) in [5.41, 5.74) is -0.622. The molecule has 0 bridgehead atoms. The van der Waals surface area contributed by atoms with Crippen LogP contribution in [0.1, 0.15) is 30.0 Å². The van der Waals surface area contributed by atoms with Gasteiger partial charge >= 0.3 is 12.3 Å². The predicted octanol–water partition coefficient (Wildman–Crippen LogP) is 3.70. The van der Waals surface area contributed by atoms with Gasteiger partial charge in [-0.3, -0.25) is 0 Å². The number of rotatable bonds is 1. The molecule has 1 fully saturated rings. The lowest BCUT2D eigenvalue weighted by Crippen LogP contribution is -2.36. The molecule has 8 heteroatoms. The van der Waals surface area contributed by atoms with E-state index >= 15 is 0 Å². The summed E-state index contributed by atoms with van der Waals surface area (Å²) in [6.45, 7) is 0.681. The Balaban J connectivity index is 1.92. The average Bonchev–Trinajstić information content (AvgIpc) is 2.90. The van der Waals surface area contributed by atoms with E-state index < -0.39 is 17.8 Å². The van der Waals surface area contributed by atoms with Gasteiger partial charge in [0.05, 0.1) is 5.69 Å². The van der Waals surface area contributed by atoms with Crippen LogP contribution in [0.25, 0.3) is 11.0 Å². The second-order valence-corrected chi connectivity index (χ2v) is 5.29. The van der Waals surface area contributed by atoms with Crippen LogP contribution < -0.4 is 0 Å². The lowest BCUT2D eigenvalue weighted by molar-refractivity contribution is -0.137. The molecule has 1 N–H and O–H groups in total. The smallest absolute Gasteiger partial charge is 0.420 e. The molecule has 1 aromatic carbocycles. The average molecular weight is 314 g/mol. The quantitative estimate of drug-likeness (QED) is 0.871. The number of likely N-dealkylation sites (tertiary alicyclic amines) is 1. The lowest BCUT2D eigenvalue weighted by Gasteiger charge is -2.28. The highest BCUT2D eigenvalue weighted by Crippen LogP contribution is 2.38. The van der Waals surface area contributed by atoms with Crippen molar-refractivity contribution in [2.75, 3.05) is 13.1 Å². The molecule has 1 aromatic heterocycles. The Bertz CT molecular complexity index is 703. The Hall–Kier alpha value is -2.25. The highest BCUT2D eigenvalue weighted by Gasteiger charge is 2.36. The molecule has 1 saturated heterocycles. The molecular formula is C14H13F3N2O3. The maximum Gasteiger partial charge on any atom is 0.420 e. The molecule has 1 aliphatic rings. The maximum absolute atomic E-state index is 12.9. The monoisotopic (exact) mass is 314 g/mol. The molecule has 1 amide bonds. The van der Waals surface area contributed by atoms with E-state index in [9.17, 15) is 18.0 Å². The van der Waals surface area contributed by atoms with Crippen molar-refractivity contribution in [3.63, 3.8) is 0 Å². The van der Waals surface area contributed by atoms with Gasteiger partial charge in [-0.2, -0.15) is 13.2 Å². The number of para-hydroxylation sites is 1. The van der Waals surface area contributed by atoms with Gasteiger partial charge in [0.2, 0.25) is 0 Å². The summed E-state index contributed by atoms with van der Waals surface area (Å²) in [6.07, 6.45) is -4.44. The fourth-order valence-electron chi connectivity index (χ4n) is 2.84. The van der Waals surface area contributed by atoms with Crippen LogP contribution in [-0.4, -0.2) is 34.3 Å². The number of nitrogens with zero attached hydrogens (tertiary/aromatic N) is 2. The van der Waals surface area contributed by atoms with Crippen molar-refractivity contribution in [2.45, 2.75) is 24.9 Å². The Labute approximate surface area is 123 Å². The Morgan fingerprint density at radius 1 is 1.32 bits per heavy atom. The zero-order valence-electron chi connectivity index (χ0n) is 11.4. The number of carbonyl (C=O) groups is 1. The fraction of sp³-hybridized carbons (Fsp3) is 0.429. The second kappa shape index (κ2) is 5.19. The summed E-state index contributed by atoms with van der Waals surface area (Å²) in [5.74, 6) is -0.0969. The Morgan fingerprint density at radius 3 is 2.59 bits per heavy atom. The molecule has 2 heterocycles. The molecule has 0 saturated carbocycles. The molecule has 0 spiro atoms. The van der Waals surface area contributed by atoms with Crippen molar-refractivity contribution in [1.29, 1.82) is 0 Å². The molecule has 2 aromatic rings. The number of halogens is 3. The zero-order valence-corrected chi connectivity index (χ0v) is 11.4. The molecule has 0 radical (unpaired) electrons. The third-order valence-electron chi connectivity index (χ3n) is 3.98. The van der Waals surface area contributed by atoms with Crippen molar-refractivity contribution >= 4 is 17.1 Å². The molecule has 3 rings (SSSR count). The zero-order chi connectivity index (χ0) is 15.9. The minimum Gasteiger partial charge on any atom is -0.465 e. The van der Waals surface area contributed by atoms with E-state index in [1.807, 2.05) is 0 Å². The third kappa shape index (κ3) is 2.49. The predicted molar refractivity (Wildman–Crippen MR) is 70.6 cm³/mol. The number of hydrogen-bond acceptors (Lipinski definition) is 3. The van der Waals surface area contributed by atoms with E-state index in [1.54, 1.807) is 6.07 Å². The van der Waals surface area contributed by atoms with Gasteiger partial charge in [0.25, 0.3) is 0 Å². The van der Waals surface area contributed by atoms with Crippen molar-refractivity contribution in [3.05, 3.63) is 29.5 Å². The van der Waals surface area contributed by atoms with Crippen molar-refractivity contribution in [2.24, 2.45) is 0 Å². The number of aromatic nitrogens is 1. The first kappa shape index (κ1) is 14.7. The molecule has 1 aliphatic heterocycles. The normalized spacial score (nSPS) is 17.1. The van der Waals surface area contributed by atoms with Crippen molar-refractivity contribution in [3.8, 4) is 0 Å². The molecule has 0 aliphatic carbocycles. The van der Waals surface area contributed by atoms with Crippen LogP contribution in [0.4, 0.5) is 18.0 Å². The first-order valence-electron chi connectivity index (χ1n) is 6.81. The summed E-state index contributed by atoms with van der Waals surface area (Å²) in [7, 11) is 0. The highest BCUT2D eigenvalue weighted by molar-refractivity contribution is 5.83. The van der Waals surface area contributed by atoms with Crippen LogP contribution in [0.3, 0.4) is 0 Å². The van der Waals surface area contributed by atoms with Crippen LogP contribution >= 0.6 is 0 Å². The summed E-state index contributed by atoms with van der Waals surface area (Å²) in [5, 5.41) is 13.1. The van der Waals surface area contributed by atoms with Crippen LogP contribution in [0.2, 0.25) is 0 Å². The van der Waals surface area contributed by atoms with E-state index in [1.165, 1.54) is 11.0 Å². The van der Waals surface area contributed by atoms with Gasteiger partial charge in [-0.15, -0.1) is 0 Å². The van der Waals surface area contributed by atoms with Gasteiger partial charge in [-0.05, 0) is 25.0 Å². The first-order chi connectivity index (χ1) is 10.4. The summed E-state index contributed by atoms with van der Waals surface area (Å²) in [4.78, 5) is 12.2. The van der Waals surface area contributed by atoms with Gasteiger partial charge in [-0.1, -0.05) is 11.2 Å². The van der Waals surface area contributed by atoms with Gasteiger partial charge < -0.3 is 14.5 Å². The standard InChI is InChI=1S/C14H13F3N2O3/c15-14(16,17)10-3-1-2-9-11(18-22-12(9)10)8-4-6-19(7-5-8)13(20)21/h1-3,8H,4-7H2,(H,20,21). The van der Waals surface area contributed by atoms with E-state index in [2.05, 4.69) is 5.16 Å². The fourth-order valence-corrected chi connectivity index (χ4v) is 2.84. The van der Waals surface area contributed by atoms with Crippen LogP contribution in [-0.2, 0) is 6.18 Å². The number of carboxylic acid groups (broad SMARTS) is 1. The van der Waals surface area contributed by atoms with Gasteiger partial charge in [-0.25, -0.2) is 4.79 Å². The van der Waals surface area contributed by atoms with Crippen LogP contribution in [0, 0.1) is 0 Å². The summed E-state index contributed by atoms with van der Waals surface area (Å²) >= 11 is 0. The minimum atomic E-state index is -4.50.